The number of Topliss-reactive ketones (excluding diaryl/α,β-unsaturated/α-hetero) is 1. The summed E-state index contributed by atoms with van der Waals surface area (Å²) in [5.41, 5.74) is 0. The second kappa shape index (κ2) is 11.8. The van der Waals surface area contributed by atoms with E-state index in [-0.39, 0.29) is 0 Å². The summed E-state index contributed by atoms with van der Waals surface area (Å²) in [7, 11) is 0. The molecule has 1 nitrogen and oxygen atoms in total. The summed E-state index contributed by atoms with van der Waals surface area (Å²) in [6.07, 6.45) is 3.84. The normalized spacial score (nSPS) is 8.00. The SMILES string of the molecule is CC.CSCCCC(C)=O. The summed E-state index contributed by atoms with van der Waals surface area (Å²) in [4.78, 5) is 10.3. The van der Waals surface area contributed by atoms with Crippen molar-refractivity contribution < 1.29 is 4.79 Å². The predicted octanol–water partition coefficient (Wildman–Crippen LogP) is 2.74. The molecule has 0 saturated carbocycles. The van der Waals surface area contributed by atoms with E-state index in [1.165, 1.54) is 0 Å². The molecule has 0 radical (unpaired) electrons. The Hall–Kier alpha value is 0.0200. The third-order valence-electron chi connectivity index (χ3n) is 0.877. The van der Waals surface area contributed by atoms with Crippen molar-refractivity contribution in [2.75, 3.05) is 12.0 Å². The lowest BCUT2D eigenvalue weighted by Gasteiger charge is -1.90. The molecule has 0 N–H and O–H groups in total. The summed E-state index contributed by atoms with van der Waals surface area (Å²) in [5.74, 6) is 1.42. The Kier molecular flexibility index (Phi) is 14.9. The zero-order valence-electron chi connectivity index (χ0n) is 7.44. The third kappa shape index (κ3) is 15.7. The highest BCUT2D eigenvalue weighted by molar-refractivity contribution is 7.98. The second-order valence-corrected chi connectivity index (χ2v) is 2.78. The van der Waals surface area contributed by atoms with Crippen molar-refractivity contribution in [1.82, 2.24) is 0 Å². The fourth-order valence-corrected chi connectivity index (χ4v) is 0.898. The Morgan fingerprint density at radius 3 is 2.20 bits per heavy atom. The van der Waals surface area contributed by atoms with Crippen LogP contribution in [0.25, 0.3) is 0 Å². The number of hydrogen-bond acceptors (Lipinski definition) is 2. The Balaban J connectivity index is 0. The topological polar surface area (TPSA) is 17.1 Å². The van der Waals surface area contributed by atoms with Crippen LogP contribution in [0, 0.1) is 0 Å². The quantitative estimate of drug-likeness (QED) is 0.591. The zero-order valence-corrected chi connectivity index (χ0v) is 8.25. The van der Waals surface area contributed by atoms with Gasteiger partial charge in [0.25, 0.3) is 0 Å². The van der Waals surface area contributed by atoms with E-state index < -0.39 is 0 Å². The summed E-state index contributed by atoms with van der Waals surface area (Å²) in [6, 6.07) is 0. The number of ketones is 1. The molecule has 0 spiro atoms. The fourth-order valence-electron chi connectivity index (χ4n) is 0.465. The molecular weight excluding hydrogens is 144 g/mol. The lowest BCUT2D eigenvalue weighted by molar-refractivity contribution is -0.117. The molecule has 0 atom stereocenters. The maximum atomic E-state index is 10.3. The highest BCUT2D eigenvalue weighted by atomic mass is 32.2. The van der Waals surface area contributed by atoms with Crippen LogP contribution in [-0.4, -0.2) is 17.8 Å². The first-order valence-electron chi connectivity index (χ1n) is 3.75. The molecule has 0 amide bonds. The second-order valence-electron chi connectivity index (χ2n) is 1.80. The average molecular weight is 162 g/mol. The van der Waals surface area contributed by atoms with Gasteiger partial charge in [0.2, 0.25) is 0 Å². The van der Waals surface area contributed by atoms with Gasteiger partial charge in [-0.1, -0.05) is 13.8 Å². The molecule has 0 aliphatic carbocycles. The largest absolute Gasteiger partial charge is 0.300 e. The van der Waals surface area contributed by atoms with Gasteiger partial charge >= 0.3 is 0 Å². The van der Waals surface area contributed by atoms with Crippen LogP contribution < -0.4 is 0 Å². The molecule has 0 saturated heterocycles. The van der Waals surface area contributed by atoms with Gasteiger partial charge in [0.05, 0.1) is 0 Å². The van der Waals surface area contributed by atoms with Gasteiger partial charge in [0, 0.05) is 6.42 Å². The van der Waals surface area contributed by atoms with Crippen LogP contribution in [0.2, 0.25) is 0 Å². The first kappa shape index (κ1) is 12.7. The molecule has 0 aromatic rings. The van der Waals surface area contributed by atoms with Crippen LogP contribution in [0.4, 0.5) is 0 Å². The lowest BCUT2D eigenvalue weighted by atomic mass is 10.3. The minimum atomic E-state index is 0.305. The molecule has 0 aromatic heterocycles. The van der Waals surface area contributed by atoms with Gasteiger partial charge in [-0.05, 0) is 25.4 Å². The van der Waals surface area contributed by atoms with Crippen molar-refractivity contribution in [2.45, 2.75) is 33.6 Å². The van der Waals surface area contributed by atoms with E-state index in [9.17, 15) is 4.79 Å². The van der Waals surface area contributed by atoms with Gasteiger partial charge in [-0.25, -0.2) is 0 Å². The number of carbonyl (C=O) groups excluding carboxylic acids is 1. The molecule has 0 aromatic carbocycles. The Labute approximate surface area is 68.6 Å². The van der Waals surface area contributed by atoms with Gasteiger partial charge in [0.1, 0.15) is 5.78 Å². The number of carbonyl (C=O) groups is 1. The minimum Gasteiger partial charge on any atom is -0.300 e. The molecule has 10 heavy (non-hydrogen) atoms. The maximum Gasteiger partial charge on any atom is 0.129 e. The van der Waals surface area contributed by atoms with Crippen LogP contribution in [0.3, 0.4) is 0 Å². The molecular formula is C8H18OS. The number of thioether (sulfide) groups is 1. The molecule has 0 aliphatic rings. The van der Waals surface area contributed by atoms with E-state index in [0.29, 0.717) is 5.78 Å². The predicted molar refractivity (Wildman–Crippen MR) is 49.6 cm³/mol. The highest BCUT2D eigenvalue weighted by Crippen LogP contribution is 1.98. The van der Waals surface area contributed by atoms with E-state index in [2.05, 4.69) is 6.26 Å². The van der Waals surface area contributed by atoms with Crippen molar-refractivity contribution in [3.8, 4) is 0 Å². The minimum absolute atomic E-state index is 0.305. The maximum absolute atomic E-state index is 10.3. The molecule has 2 heteroatoms. The van der Waals surface area contributed by atoms with Crippen molar-refractivity contribution in [3.63, 3.8) is 0 Å². The summed E-state index contributed by atoms with van der Waals surface area (Å²) in [6.45, 7) is 5.64. The van der Waals surface area contributed by atoms with Crippen LogP contribution in [0.1, 0.15) is 33.6 Å². The van der Waals surface area contributed by atoms with Crippen molar-refractivity contribution in [2.24, 2.45) is 0 Å². The Morgan fingerprint density at radius 1 is 1.40 bits per heavy atom. The Bertz CT molecular complexity index is 71.7. The molecule has 0 bridgehead atoms. The van der Waals surface area contributed by atoms with Crippen LogP contribution in [0.15, 0.2) is 0 Å². The van der Waals surface area contributed by atoms with Crippen molar-refractivity contribution >= 4 is 17.5 Å². The van der Waals surface area contributed by atoms with Gasteiger partial charge in [0.15, 0.2) is 0 Å². The molecule has 62 valence electrons. The zero-order chi connectivity index (χ0) is 8.41. The van der Waals surface area contributed by atoms with E-state index in [0.717, 1.165) is 18.6 Å². The van der Waals surface area contributed by atoms with Crippen molar-refractivity contribution in [1.29, 1.82) is 0 Å². The number of hydrogen-bond donors (Lipinski definition) is 0. The van der Waals surface area contributed by atoms with E-state index in [1.807, 2.05) is 13.8 Å². The first-order chi connectivity index (χ1) is 4.77. The van der Waals surface area contributed by atoms with E-state index >= 15 is 0 Å². The van der Waals surface area contributed by atoms with Gasteiger partial charge in [-0.2, -0.15) is 11.8 Å². The molecule has 0 aliphatic heterocycles. The first-order valence-corrected chi connectivity index (χ1v) is 5.15. The standard InChI is InChI=1S/C6H12OS.C2H6/c1-6(7)4-3-5-8-2;1-2/h3-5H2,1-2H3;1-2H3. The number of rotatable bonds is 4. The smallest absolute Gasteiger partial charge is 0.129 e. The van der Waals surface area contributed by atoms with Gasteiger partial charge < -0.3 is 4.79 Å². The fraction of sp³-hybridized carbons (Fsp3) is 0.875. The van der Waals surface area contributed by atoms with Crippen LogP contribution in [0.5, 0.6) is 0 Å². The van der Waals surface area contributed by atoms with Crippen LogP contribution >= 0.6 is 11.8 Å². The molecule has 0 rings (SSSR count). The third-order valence-corrected chi connectivity index (χ3v) is 1.57. The summed E-state index contributed by atoms with van der Waals surface area (Å²) < 4.78 is 0. The average Bonchev–Trinajstić information content (AvgIpc) is 1.92. The molecule has 0 heterocycles. The summed E-state index contributed by atoms with van der Waals surface area (Å²) >= 11 is 1.79. The lowest BCUT2D eigenvalue weighted by Crippen LogP contribution is -1.89. The molecule has 0 fully saturated rings. The van der Waals surface area contributed by atoms with Crippen molar-refractivity contribution in [3.05, 3.63) is 0 Å². The Morgan fingerprint density at radius 2 is 1.90 bits per heavy atom. The summed E-state index contributed by atoms with van der Waals surface area (Å²) in [5, 5.41) is 0. The van der Waals surface area contributed by atoms with Crippen LogP contribution in [-0.2, 0) is 4.79 Å². The van der Waals surface area contributed by atoms with E-state index in [1.54, 1.807) is 18.7 Å². The monoisotopic (exact) mass is 162 g/mol. The van der Waals surface area contributed by atoms with Gasteiger partial charge in [-0.15, -0.1) is 0 Å². The highest BCUT2D eigenvalue weighted by Gasteiger charge is 1.89. The van der Waals surface area contributed by atoms with Gasteiger partial charge in [-0.3, -0.25) is 0 Å². The van der Waals surface area contributed by atoms with E-state index in [4.69, 9.17) is 0 Å². The molecule has 0 unspecified atom stereocenters.